The van der Waals surface area contributed by atoms with Crippen molar-refractivity contribution in [1.29, 1.82) is 0 Å². The number of ether oxygens (including phenoxy) is 2. The molecule has 0 aromatic heterocycles. The van der Waals surface area contributed by atoms with Crippen LogP contribution >= 0.6 is 0 Å². The molecule has 0 spiro atoms. The lowest BCUT2D eigenvalue weighted by atomic mass is 9.80. The number of likely N-dealkylation sites (tertiary alicyclic amines) is 1. The van der Waals surface area contributed by atoms with Crippen molar-refractivity contribution in [2.45, 2.75) is 82.6 Å². The van der Waals surface area contributed by atoms with Gasteiger partial charge in [0.05, 0.1) is 0 Å². The molecule has 22 heavy (non-hydrogen) atoms. The van der Waals surface area contributed by atoms with Crippen LogP contribution in [0.25, 0.3) is 0 Å². The molecule has 0 saturated carbocycles. The molecule has 2 heterocycles. The Morgan fingerprint density at radius 1 is 1.05 bits per heavy atom. The largest absolute Gasteiger partial charge is 0.342 e. The van der Waals surface area contributed by atoms with Crippen LogP contribution in [0.4, 0.5) is 0 Å². The van der Waals surface area contributed by atoms with Gasteiger partial charge in [0.25, 0.3) is 0 Å². The van der Waals surface area contributed by atoms with Crippen LogP contribution in [-0.4, -0.2) is 57.1 Å². The summed E-state index contributed by atoms with van der Waals surface area (Å²) in [6.45, 7) is 16.2. The van der Waals surface area contributed by atoms with Crippen LogP contribution in [-0.2, 0) is 9.47 Å². The highest BCUT2D eigenvalue weighted by Gasteiger charge is 2.54. The molecule has 1 unspecified atom stereocenters. The van der Waals surface area contributed by atoms with Crippen molar-refractivity contribution in [1.82, 2.24) is 10.2 Å². The van der Waals surface area contributed by atoms with Gasteiger partial charge in [-0.25, -0.2) is 0 Å². The lowest BCUT2D eigenvalue weighted by molar-refractivity contribution is -0.193. The van der Waals surface area contributed by atoms with E-state index in [0.717, 1.165) is 25.3 Å². The summed E-state index contributed by atoms with van der Waals surface area (Å²) in [4.78, 5) is 2.57. The Hall–Kier alpha value is 0.0569. The molecule has 0 bridgehead atoms. The van der Waals surface area contributed by atoms with Crippen molar-refractivity contribution in [3.05, 3.63) is 0 Å². The van der Waals surface area contributed by atoms with Gasteiger partial charge in [0.2, 0.25) is 5.53 Å². The van der Waals surface area contributed by atoms with Crippen molar-refractivity contribution in [2.75, 3.05) is 26.8 Å². The average molecular weight is 329 g/mol. The highest BCUT2D eigenvalue weighted by molar-refractivity contribution is 6.64. The van der Waals surface area contributed by atoms with E-state index in [9.17, 15) is 0 Å². The summed E-state index contributed by atoms with van der Waals surface area (Å²) in [5.41, 5.74) is 0.809. The Balaban J connectivity index is 2.25. The molecular formula is C17H36N2O2Si. The molecule has 5 heteroatoms. The van der Waals surface area contributed by atoms with Gasteiger partial charge in [-0.05, 0) is 79.6 Å². The third kappa shape index (κ3) is 3.29. The first-order valence-electron chi connectivity index (χ1n) is 8.95. The molecule has 0 aliphatic carbocycles. The second-order valence-electron chi connectivity index (χ2n) is 8.21. The predicted octanol–water partition coefficient (Wildman–Crippen LogP) is 2.74. The molecule has 2 saturated heterocycles. The predicted molar refractivity (Wildman–Crippen MR) is 94.8 cm³/mol. The zero-order chi connectivity index (χ0) is 16.6. The maximum Gasteiger partial charge on any atom is 0.201 e. The molecule has 1 N–H and O–H groups in total. The number of piperidine rings is 1. The van der Waals surface area contributed by atoms with Crippen molar-refractivity contribution in [3.63, 3.8) is 0 Å². The summed E-state index contributed by atoms with van der Waals surface area (Å²) in [5.74, 6) is 0. The molecule has 2 fully saturated rings. The maximum absolute atomic E-state index is 6.17. The number of rotatable bonds is 5. The minimum Gasteiger partial charge on any atom is -0.342 e. The average Bonchev–Trinajstić information content (AvgIpc) is 2.80. The van der Waals surface area contributed by atoms with E-state index in [1.165, 1.54) is 18.9 Å². The Kier molecular flexibility index (Phi) is 5.45. The summed E-state index contributed by atoms with van der Waals surface area (Å²) in [6.07, 6.45) is 2.51. The van der Waals surface area contributed by atoms with Crippen molar-refractivity contribution in [2.24, 2.45) is 0 Å². The van der Waals surface area contributed by atoms with Gasteiger partial charge in [0.15, 0.2) is 0 Å². The van der Waals surface area contributed by atoms with E-state index >= 15 is 0 Å². The fraction of sp³-hybridized carbons (Fsp3) is 1.00. The molecule has 1 atom stereocenters. The van der Waals surface area contributed by atoms with Gasteiger partial charge in [-0.3, -0.25) is 10.2 Å². The van der Waals surface area contributed by atoms with Crippen LogP contribution in [0.3, 0.4) is 0 Å². The molecule has 0 radical (unpaired) electrons. The standard InChI is InChI=1S/C17H36N2O2Si/c1-8-20-17(21-9-2)18-10-11-22(17)14-12-15(3,4)19(7)16(5,6)13-14/h14,18,22H,8-13H2,1-7H3. The van der Waals surface area contributed by atoms with E-state index in [0.29, 0.717) is 0 Å². The molecule has 130 valence electrons. The third-order valence-corrected chi connectivity index (χ3v) is 9.97. The lowest BCUT2D eigenvalue weighted by Gasteiger charge is -2.55. The molecule has 2 aliphatic rings. The Labute approximate surface area is 138 Å². The van der Waals surface area contributed by atoms with Crippen molar-refractivity contribution >= 4 is 8.80 Å². The maximum atomic E-state index is 6.17. The van der Waals surface area contributed by atoms with Crippen LogP contribution in [0.2, 0.25) is 11.6 Å². The number of nitrogens with zero attached hydrogens (tertiary/aromatic N) is 1. The van der Waals surface area contributed by atoms with E-state index in [1.807, 2.05) is 0 Å². The van der Waals surface area contributed by atoms with E-state index in [1.54, 1.807) is 0 Å². The number of hydrogen-bond acceptors (Lipinski definition) is 4. The molecular weight excluding hydrogens is 292 g/mol. The van der Waals surface area contributed by atoms with Crippen molar-refractivity contribution < 1.29 is 9.47 Å². The summed E-state index contributed by atoms with van der Waals surface area (Å²) >= 11 is 0. The van der Waals surface area contributed by atoms with Crippen LogP contribution < -0.4 is 5.32 Å². The van der Waals surface area contributed by atoms with Crippen molar-refractivity contribution in [3.8, 4) is 0 Å². The van der Waals surface area contributed by atoms with E-state index in [2.05, 4.69) is 58.8 Å². The van der Waals surface area contributed by atoms with Crippen LogP contribution in [0, 0.1) is 0 Å². The van der Waals surface area contributed by atoms with Gasteiger partial charge in [-0.2, -0.15) is 0 Å². The normalized spacial score (nSPS) is 31.5. The minimum absolute atomic E-state index is 0.242. The van der Waals surface area contributed by atoms with Gasteiger partial charge < -0.3 is 9.47 Å². The Bertz CT molecular complexity index is 363. The fourth-order valence-electron chi connectivity index (χ4n) is 4.79. The SMILES string of the molecule is CCOC1(OCC)NCC[SiH]1C1CC(C)(C)N(C)C(C)(C)C1. The molecule has 2 aliphatic heterocycles. The summed E-state index contributed by atoms with van der Waals surface area (Å²) in [5, 5.41) is 3.59. The van der Waals surface area contributed by atoms with Gasteiger partial charge >= 0.3 is 0 Å². The highest BCUT2D eigenvalue weighted by Crippen LogP contribution is 2.47. The smallest absolute Gasteiger partial charge is 0.201 e. The molecule has 4 nitrogen and oxygen atoms in total. The Morgan fingerprint density at radius 3 is 2.00 bits per heavy atom. The molecule has 0 amide bonds. The third-order valence-electron chi connectivity index (χ3n) is 5.94. The second-order valence-corrected chi connectivity index (χ2v) is 11.7. The zero-order valence-electron chi connectivity index (χ0n) is 15.7. The van der Waals surface area contributed by atoms with Crippen LogP contribution in [0.1, 0.15) is 54.4 Å². The molecule has 2 rings (SSSR count). The first-order chi connectivity index (χ1) is 10.2. The van der Waals surface area contributed by atoms with Crippen LogP contribution in [0.15, 0.2) is 0 Å². The van der Waals surface area contributed by atoms with E-state index in [4.69, 9.17) is 9.47 Å². The van der Waals surface area contributed by atoms with Gasteiger partial charge in [0, 0.05) is 24.3 Å². The lowest BCUT2D eigenvalue weighted by Crippen LogP contribution is -2.63. The Morgan fingerprint density at radius 2 is 1.55 bits per heavy atom. The van der Waals surface area contributed by atoms with Gasteiger partial charge in [0.1, 0.15) is 8.80 Å². The molecule has 0 aromatic rings. The highest BCUT2D eigenvalue weighted by atomic mass is 28.3. The quantitative estimate of drug-likeness (QED) is 0.621. The van der Waals surface area contributed by atoms with Gasteiger partial charge in [-0.15, -0.1) is 0 Å². The van der Waals surface area contributed by atoms with E-state index < -0.39 is 14.3 Å². The van der Waals surface area contributed by atoms with E-state index in [-0.39, 0.29) is 11.1 Å². The van der Waals surface area contributed by atoms with Crippen LogP contribution in [0.5, 0.6) is 0 Å². The monoisotopic (exact) mass is 328 g/mol. The number of hydrogen-bond donors (Lipinski definition) is 1. The first kappa shape index (κ1) is 18.4. The second kappa shape index (κ2) is 6.52. The summed E-state index contributed by atoms with van der Waals surface area (Å²) in [6, 6.07) is 1.28. The minimum atomic E-state index is -1.22. The molecule has 0 aromatic carbocycles. The summed E-state index contributed by atoms with van der Waals surface area (Å²) in [7, 11) is 1.06. The first-order valence-corrected chi connectivity index (χ1v) is 11.0. The summed E-state index contributed by atoms with van der Waals surface area (Å²) < 4.78 is 12.3. The fourth-order valence-corrected chi connectivity index (χ4v) is 9.61. The topological polar surface area (TPSA) is 33.7 Å². The van der Waals surface area contributed by atoms with Gasteiger partial charge in [-0.1, -0.05) is 0 Å². The zero-order valence-corrected chi connectivity index (χ0v) is 16.8. The number of nitrogens with one attached hydrogen (secondary N) is 1.